The fourth-order valence-corrected chi connectivity index (χ4v) is 3.52. The second-order valence-corrected chi connectivity index (χ2v) is 7.17. The first-order valence-corrected chi connectivity index (χ1v) is 10.2. The summed E-state index contributed by atoms with van der Waals surface area (Å²) in [7, 11) is 0. The van der Waals surface area contributed by atoms with Crippen molar-refractivity contribution in [3.05, 3.63) is 90.6 Å². The zero-order chi connectivity index (χ0) is 21.0. The number of aromatic nitrogens is 6. The van der Waals surface area contributed by atoms with Crippen molar-refractivity contribution in [3.8, 4) is 22.8 Å². The summed E-state index contributed by atoms with van der Waals surface area (Å²) in [6.07, 6.45) is 6.36. The summed E-state index contributed by atoms with van der Waals surface area (Å²) >= 11 is 0. The number of fused-ring (bicyclic) bond motifs is 1. The lowest BCUT2D eigenvalue weighted by molar-refractivity contribution is 0.941. The zero-order valence-electron chi connectivity index (χ0n) is 17.1. The summed E-state index contributed by atoms with van der Waals surface area (Å²) < 4.78 is 2.04. The van der Waals surface area contributed by atoms with E-state index in [2.05, 4.69) is 20.3 Å². The molecule has 0 aromatic carbocycles. The van der Waals surface area contributed by atoms with E-state index < -0.39 is 0 Å². The Morgan fingerprint density at radius 1 is 0.806 bits per heavy atom. The second kappa shape index (κ2) is 8.31. The maximum Gasteiger partial charge on any atom is 0.223 e. The zero-order valence-corrected chi connectivity index (χ0v) is 17.1. The molecule has 0 unspecified atom stereocenters. The molecule has 0 amide bonds. The van der Waals surface area contributed by atoms with E-state index in [1.807, 2.05) is 78.2 Å². The minimum atomic E-state index is 0.572. The lowest BCUT2D eigenvalue weighted by atomic mass is 10.1. The van der Waals surface area contributed by atoms with Gasteiger partial charge in [0.15, 0.2) is 0 Å². The number of hydrogen-bond donors (Lipinski definition) is 1. The van der Waals surface area contributed by atoms with Crippen molar-refractivity contribution in [2.45, 2.75) is 13.3 Å². The maximum atomic E-state index is 4.84. The lowest BCUT2D eigenvalue weighted by Crippen LogP contribution is -2.09. The molecule has 0 aliphatic heterocycles. The Hall–Kier alpha value is -4.13. The number of aryl methyl sites for hydroxylation is 1. The Labute approximate surface area is 179 Å². The summed E-state index contributed by atoms with van der Waals surface area (Å²) in [5.41, 5.74) is 6.12. The molecule has 0 aliphatic rings. The van der Waals surface area contributed by atoms with Crippen molar-refractivity contribution in [1.29, 1.82) is 0 Å². The van der Waals surface area contributed by atoms with E-state index in [4.69, 9.17) is 9.97 Å². The number of pyridine rings is 3. The van der Waals surface area contributed by atoms with Crippen LogP contribution in [0.1, 0.15) is 11.4 Å². The van der Waals surface area contributed by atoms with E-state index in [-0.39, 0.29) is 0 Å². The topological polar surface area (TPSA) is 80.9 Å². The van der Waals surface area contributed by atoms with Gasteiger partial charge in [-0.3, -0.25) is 14.4 Å². The van der Waals surface area contributed by atoms with Crippen LogP contribution >= 0.6 is 0 Å². The van der Waals surface area contributed by atoms with Gasteiger partial charge in [0.25, 0.3) is 0 Å². The van der Waals surface area contributed by atoms with Gasteiger partial charge in [-0.15, -0.1) is 0 Å². The van der Waals surface area contributed by atoms with Crippen LogP contribution in [0.4, 0.5) is 5.95 Å². The molecular formula is C24H21N7. The third-order valence-corrected chi connectivity index (χ3v) is 4.95. The first-order chi connectivity index (χ1) is 15.3. The van der Waals surface area contributed by atoms with E-state index in [9.17, 15) is 0 Å². The van der Waals surface area contributed by atoms with Gasteiger partial charge in [-0.1, -0.05) is 18.2 Å². The van der Waals surface area contributed by atoms with Crippen LogP contribution < -0.4 is 5.32 Å². The van der Waals surface area contributed by atoms with E-state index in [1.165, 1.54) is 0 Å². The normalized spacial score (nSPS) is 11.0. The van der Waals surface area contributed by atoms with Crippen LogP contribution in [0.15, 0.2) is 79.3 Å². The van der Waals surface area contributed by atoms with Gasteiger partial charge in [0.05, 0.1) is 11.4 Å². The molecule has 31 heavy (non-hydrogen) atoms. The van der Waals surface area contributed by atoms with Gasteiger partial charge in [0.2, 0.25) is 5.95 Å². The largest absolute Gasteiger partial charge is 0.354 e. The summed E-state index contributed by atoms with van der Waals surface area (Å²) in [6.45, 7) is 2.67. The van der Waals surface area contributed by atoms with Crippen molar-refractivity contribution >= 4 is 11.6 Å². The third kappa shape index (κ3) is 3.98. The van der Waals surface area contributed by atoms with Gasteiger partial charge < -0.3 is 5.32 Å². The SMILES string of the molecule is Cc1cccc(-c2nc3ccccn3c2-c2ccnc(NCCc3ccccn3)n2)n1. The molecule has 0 bridgehead atoms. The van der Waals surface area contributed by atoms with Gasteiger partial charge in [-0.25, -0.2) is 15.0 Å². The Bertz CT molecular complexity index is 1330. The molecule has 5 aromatic heterocycles. The number of anilines is 1. The maximum absolute atomic E-state index is 4.84. The van der Waals surface area contributed by atoms with Crippen LogP contribution in [0.25, 0.3) is 28.4 Å². The van der Waals surface area contributed by atoms with Crippen LogP contribution in [0, 0.1) is 6.92 Å². The Morgan fingerprint density at radius 3 is 2.61 bits per heavy atom. The van der Waals surface area contributed by atoms with E-state index in [0.717, 1.165) is 46.2 Å². The summed E-state index contributed by atoms with van der Waals surface area (Å²) in [6, 6.07) is 19.7. The summed E-state index contributed by atoms with van der Waals surface area (Å²) in [4.78, 5) is 23.1. The first-order valence-electron chi connectivity index (χ1n) is 10.2. The van der Waals surface area contributed by atoms with Crippen molar-refractivity contribution in [2.75, 3.05) is 11.9 Å². The highest BCUT2D eigenvalue weighted by molar-refractivity contribution is 5.79. The molecule has 0 aliphatic carbocycles. The molecule has 0 atom stereocenters. The second-order valence-electron chi connectivity index (χ2n) is 7.17. The minimum Gasteiger partial charge on any atom is -0.354 e. The minimum absolute atomic E-state index is 0.572. The van der Waals surface area contributed by atoms with Crippen molar-refractivity contribution in [3.63, 3.8) is 0 Å². The van der Waals surface area contributed by atoms with E-state index in [1.54, 1.807) is 12.4 Å². The highest BCUT2D eigenvalue weighted by atomic mass is 15.1. The van der Waals surface area contributed by atoms with Crippen molar-refractivity contribution < 1.29 is 0 Å². The summed E-state index contributed by atoms with van der Waals surface area (Å²) in [5.74, 6) is 0.572. The van der Waals surface area contributed by atoms with Crippen LogP contribution in [0.5, 0.6) is 0 Å². The lowest BCUT2D eigenvalue weighted by Gasteiger charge is -2.08. The van der Waals surface area contributed by atoms with Gasteiger partial charge >= 0.3 is 0 Å². The van der Waals surface area contributed by atoms with Gasteiger partial charge in [0.1, 0.15) is 17.0 Å². The smallest absolute Gasteiger partial charge is 0.223 e. The molecule has 1 N–H and O–H groups in total. The molecule has 0 fully saturated rings. The van der Waals surface area contributed by atoms with Crippen LogP contribution in [-0.4, -0.2) is 35.9 Å². The van der Waals surface area contributed by atoms with E-state index in [0.29, 0.717) is 12.5 Å². The van der Waals surface area contributed by atoms with Crippen molar-refractivity contribution in [1.82, 2.24) is 29.3 Å². The number of hydrogen-bond acceptors (Lipinski definition) is 6. The predicted molar refractivity (Wildman–Crippen MR) is 121 cm³/mol. The van der Waals surface area contributed by atoms with Crippen LogP contribution in [-0.2, 0) is 6.42 Å². The monoisotopic (exact) mass is 407 g/mol. The first kappa shape index (κ1) is 18.9. The highest BCUT2D eigenvalue weighted by Crippen LogP contribution is 2.31. The Kier molecular flexibility index (Phi) is 5.06. The van der Waals surface area contributed by atoms with Crippen LogP contribution in [0.2, 0.25) is 0 Å². The molecule has 0 saturated carbocycles. The molecule has 5 heterocycles. The Balaban J connectivity index is 1.50. The standard InChI is InChI=1S/C24H21N7/c1-17-7-6-9-19(28-17)22-23(31-16-5-3-10-21(31)30-22)20-12-15-27-24(29-20)26-14-11-18-8-2-4-13-25-18/h2-10,12-13,15-16H,11,14H2,1H3,(H,26,27,29). The van der Waals surface area contributed by atoms with Gasteiger partial charge in [-0.2, -0.15) is 0 Å². The number of nitrogens with zero attached hydrogens (tertiary/aromatic N) is 6. The molecule has 152 valence electrons. The Morgan fingerprint density at radius 2 is 1.74 bits per heavy atom. The van der Waals surface area contributed by atoms with Crippen molar-refractivity contribution in [2.24, 2.45) is 0 Å². The van der Waals surface area contributed by atoms with Gasteiger partial charge in [-0.05, 0) is 49.4 Å². The summed E-state index contributed by atoms with van der Waals surface area (Å²) in [5, 5.41) is 3.30. The van der Waals surface area contributed by atoms with Gasteiger partial charge in [0, 0.05) is 42.9 Å². The molecule has 5 aromatic rings. The third-order valence-electron chi connectivity index (χ3n) is 4.95. The average molecular weight is 407 g/mol. The fraction of sp³-hybridized carbons (Fsp3) is 0.125. The molecule has 5 rings (SSSR count). The molecule has 0 spiro atoms. The van der Waals surface area contributed by atoms with E-state index >= 15 is 0 Å². The average Bonchev–Trinajstić information content (AvgIpc) is 3.20. The number of nitrogens with one attached hydrogen (secondary N) is 1. The fourth-order valence-electron chi connectivity index (χ4n) is 3.52. The molecular weight excluding hydrogens is 386 g/mol. The molecule has 7 nitrogen and oxygen atoms in total. The molecule has 0 radical (unpaired) electrons. The molecule has 7 heteroatoms. The number of imidazole rings is 1. The number of rotatable bonds is 6. The quantitative estimate of drug-likeness (QED) is 0.454. The molecule has 0 saturated heterocycles. The predicted octanol–water partition coefficient (Wildman–Crippen LogP) is 4.21. The highest BCUT2D eigenvalue weighted by Gasteiger charge is 2.18. The van der Waals surface area contributed by atoms with Crippen LogP contribution in [0.3, 0.4) is 0 Å².